The van der Waals surface area contributed by atoms with Crippen LogP contribution in [0, 0.1) is 12.3 Å². The van der Waals surface area contributed by atoms with Crippen LogP contribution in [0.5, 0.6) is 17.2 Å². The molecule has 0 aliphatic carbocycles. The van der Waals surface area contributed by atoms with Crippen LogP contribution in [0.3, 0.4) is 0 Å². The van der Waals surface area contributed by atoms with E-state index in [0.717, 1.165) is 16.7 Å². The van der Waals surface area contributed by atoms with Gasteiger partial charge in [-0.05, 0) is 47.4 Å². The molecule has 0 radical (unpaired) electrons. The maximum Gasteiger partial charge on any atom is 0.334 e. The van der Waals surface area contributed by atoms with Crippen LogP contribution in [0.4, 0.5) is 4.79 Å². The molecule has 0 bridgehead atoms. The molecule has 3 aromatic rings. The highest BCUT2D eigenvalue weighted by Gasteiger charge is 2.51. The van der Waals surface area contributed by atoms with Crippen LogP contribution in [0.1, 0.15) is 16.7 Å². The molecular formula is C34H37N5O6. The van der Waals surface area contributed by atoms with Gasteiger partial charge in [0, 0.05) is 19.5 Å². The highest BCUT2D eigenvalue weighted by atomic mass is 16.5. The third kappa shape index (κ3) is 6.97. The SMILES string of the molecule is C#CCN1CC(=O)N2[C@@H](Cc3ccc(O)cc3)C(=O)N(CCc3ccc(OC)c(OC)c3)C[C@@H]2N1C(=O)NCc1ccccc1. The van der Waals surface area contributed by atoms with Gasteiger partial charge in [-0.3, -0.25) is 9.59 Å². The Morgan fingerprint density at radius 2 is 1.69 bits per heavy atom. The van der Waals surface area contributed by atoms with E-state index in [4.69, 9.17) is 15.9 Å². The van der Waals surface area contributed by atoms with E-state index in [2.05, 4.69) is 11.2 Å². The lowest BCUT2D eigenvalue weighted by atomic mass is 9.98. The van der Waals surface area contributed by atoms with Gasteiger partial charge in [0.25, 0.3) is 0 Å². The van der Waals surface area contributed by atoms with Crippen molar-refractivity contribution in [3.63, 3.8) is 0 Å². The first-order valence-electron chi connectivity index (χ1n) is 14.7. The number of hydrogen-bond acceptors (Lipinski definition) is 7. The van der Waals surface area contributed by atoms with Crippen LogP contribution in [0.15, 0.2) is 72.8 Å². The van der Waals surface area contributed by atoms with Gasteiger partial charge in [-0.15, -0.1) is 6.42 Å². The summed E-state index contributed by atoms with van der Waals surface area (Å²) in [7, 11) is 3.14. The first-order chi connectivity index (χ1) is 21.8. The molecule has 3 aromatic carbocycles. The number of piperazine rings is 1. The summed E-state index contributed by atoms with van der Waals surface area (Å²) in [5.41, 5.74) is 2.62. The number of phenols is 1. The molecule has 11 nitrogen and oxygen atoms in total. The predicted molar refractivity (Wildman–Crippen MR) is 167 cm³/mol. The molecule has 234 valence electrons. The molecule has 2 N–H and O–H groups in total. The second-order valence-electron chi connectivity index (χ2n) is 10.9. The number of amides is 4. The standard InChI is InChI=1S/C34H37N5O6/c1-4-17-37-23-32(41)38-28(19-24-10-13-27(40)14-11-24)33(42)36(18-16-25-12-15-29(44-2)30(20-25)45-3)22-31(38)39(37)34(43)35-21-26-8-6-5-7-9-26/h1,5-15,20,28,31,40H,16-19,21-23H2,2-3H3,(H,35,43)/t28-,31-/m0/s1. The molecule has 2 aliphatic rings. The summed E-state index contributed by atoms with van der Waals surface area (Å²) >= 11 is 0. The third-order valence-corrected chi connectivity index (χ3v) is 8.08. The summed E-state index contributed by atoms with van der Waals surface area (Å²) in [5.74, 6) is 3.34. The maximum absolute atomic E-state index is 14.1. The predicted octanol–water partition coefficient (Wildman–Crippen LogP) is 2.64. The van der Waals surface area contributed by atoms with Crippen LogP contribution in [0.2, 0.25) is 0 Å². The number of benzene rings is 3. The lowest BCUT2D eigenvalue weighted by Crippen LogP contribution is -2.76. The number of urea groups is 1. The van der Waals surface area contributed by atoms with Gasteiger partial charge < -0.3 is 29.7 Å². The largest absolute Gasteiger partial charge is 0.508 e. The van der Waals surface area contributed by atoms with Crippen LogP contribution >= 0.6 is 0 Å². The monoisotopic (exact) mass is 611 g/mol. The van der Waals surface area contributed by atoms with Crippen LogP contribution < -0.4 is 14.8 Å². The Hall–Kier alpha value is -5.21. The average Bonchev–Trinajstić information content (AvgIpc) is 3.05. The minimum absolute atomic E-state index is 0.0387. The van der Waals surface area contributed by atoms with E-state index in [0.29, 0.717) is 24.5 Å². The van der Waals surface area contributed by atoms with Crippen molar-refractivity contribution in [2.24, 2.45) is 0 Å². The van der Waals surface area contributed by atoms with E-state index in [1.807, 2.05) is 48.5 Å². The van der Waals surface area contributed by atoms with Crippen LogP contribution in [0.25, 0.3) is 0 Å². The summed E-state index contributed by atoms with van der Waals surface area (Å²) in [6, 6.07) is 20.4. The van der Waals surface area contributed by atoms with Gasteiger partial charge in [0.2, 0.25) is 11.8 Å². The Bertz CT molecular complexity index is 1560. The molecule has 5 rings (SSSR count). The van der Waals surface area contributed by atoms with Crippen molar-refractivity contribution in [3.05, 3.63) is 89.5 Å². The Labute approximate surface area is 262 Å². The maximum atomic E-state index is 14.1. The molecule has 0 saturated carbocycles. The number of aromatic hydroxyl groups is 1. The second kappa shape index (κ2) is 14.1. The van der Waals surface area contributed by atoms with Crippen molar-refractivity contribution in [3.8, 4) is 29.6 Å². The lowest BCUT2D eigenvalue weighted by molar-refractivity contribution is -0.188. The van der Waals surface area contributed by atoms with Crippen molar-refractivity contribution in [1.29, 1.82) is 0 Å². The molecule has 45 heavy (non-hydrogen) atoms. The lowest BCUT2D eigenvalue weighted by Gasteiger charge is -2.55. The van der Waals surface area contributed by atoms with Crippen molar-refractivity contribution in [2.45, 2.75) is 31.6 Å². The van der Waals surface area contributed by atoms with E-state index >= 15 is 0 Å². The van der Waals surface area contributed by atoms with E-state index in [-0.39, 0.29) is 50.2 Å². The number of methoxy groups -OCH3 is 2. The van der Waals surface area contributed by atoms with Gasteiger partial charge in [0.1, 0.15) is 18.0 Å². The number of nitrogens with zero attached hydrogens (tertiary/aromatic N) is 4. The van der Waals surface area contributed by atoms with Gasteiger partial charge in [0.05, 0.1) is 33.9 Å². The van der Waals surface area contributed by atoms with Gasteiger partial charge in [-0.1, -0.05) is 54.5 Å². The van der Waals surface area contributed by atoms with E-state index in [1.165, 1.54) is 9.91 Å². The average molecular weight is 612 g/mol. The van der Waals surface area contributed by atoms with E-state index in [9.17, 15) is 19.5 Å². The zero-order chi connectivity index (χ0) is 31.9. The quantitative estimate of drug-likeness (QED) is 0.339. The smallest absolute Gasteiger partial charge is 0.334 e. The number of phenolic OH excluding ortho intramolecular Hbond substituents is 1. The molecule has 2 heterocycles. The first-order valence-corrected chi connectivity index (χ1v) is 14.7. The molecule has 0 spiro atoms. The van der Waals surface area contributed by atoms with Crippen LogP contribution in [-0.2, 0) is 29.0 Å². The summed E-state index contributed by atoms with van der Waals surface area (Å²) in [6.07, 6.45) is 5.60. The number of carbonyl (C=O) groups excluding carboxylic acids is 3. The number of rotatable bonds is 10. The van der Waals surface area contributed by atoms with Crippen molar-refractivity contribution in [2.75, 3.05) is 40.4 Å². The van der Waals surface area contributed by atoms with Gasteiger partial charge in [-0.2, -0.15) is 5.01 Å². The molecule has 2 fully saturated rings. The molecule has 0 unspecified atom stereocenters. The molecular weight excluding hydrogens is 574 g/mol. The molecule has 11 heteroatoms. The number of ether oxygens (including phenoxy) is 2. The number of terminal acetylenes is 1. The van der Waals surface area contributed by atoms with Crippen molar-refractivity contribution >= 4 is 17.8 Å². The summed E-state index contributed by atoms with van der Waals surface area (Å²) < 4.78 is 10.8. The minimum atomic E-state index is -0.872. The summed E-state index contributed by atoms with van der Waals surface area (Å²) in [5, 5.41) is 15.8. The number of fused-ring (bicyclic) bond motifs is 1. The van der Waals surface area contributed by atoms with Gasteiger partial charge in [0.15, 0.2) is 11.5 Å². The van der Waals surface area contributed by atoms with Gasteiger partial charge in [-0.25, -0.2) is 9.80 Å². The molecule has 2 atom stereocenters. The molecule has 2 saturated heterocycles. The number of nitrogens with one attached hydrogen (secondary N) is 1. The zero-order valence-corrected chi connectivity index (χ0v) is 25.4. The normalized spacial score (nSPS) is 18.3. The Balaban J connectivity index is 1.46. The highest BCUT2D eigenvalue weighted by molar-refractivity contribution is 5.91. The fraction of sp³-hybridized carbons (Fsp3) is 0.324. The summed E-state index contributed by atoms with van der Waals surface area (Å²) in [4.78, 5) is 44.9. The highest BCUT2D eigenvalue weighted by Crippen LogP contribution is 2.30. The van der Waals surface area contributed by atoms with Gasteiger partial charge >= 0.3 is 6.03 Å². The van der Waals surface area contributed by atoms with E-state index < -0.39 is 18.2 Å². The Morgan fingerprint density at radius 1 is 0.978 bits per heavy atom. The van der Waals surface area contributed by atoms with E-state index in [1.54, 1.807) is 48.4 Å². The second-order valence-corrected chi connectivity index (χ2v) is 10.9. The minimum Gasteiger partial charge on any atom is -0.508 e. The first kappa shape index (κ1) is 31.2. The fourth-order valence-corrected chi connectivity index (χ4v) is 5.85. The van der Waals surface area contributed by atoms with Crippen molar-refractivity contribution < 1.29 is 29.0 Å². The number of hydrogen-bond donors (Lipinski definition) is 2. The number of carbonyl (C=O) groups is 3. The summed E-state index contributed by atoms with van der Waals surface area (Å²) in [6.45, 7) is 0.610. The topological polar surface area (TPSA) is 115 Å². The Morgan fingerprint density at radius 3 is 2.38 bits per heavy atom. The third-order valence-electron chi connectivity index (χ3n) is 8.08. The molecule has 2 aliphatic heterocycles. The zero-order valence-electron chi connectivity index (χ0n) is 25.4. The molecule has 0 aromatic heterocycles. The fourth-order valence-electron chi connectivity index (χ4n) is 5.85. The van der Waals surface area contributed by atoms with Crippen molar-refractivity contribution in [1.82, 2.24) is 25.1 Å². The molecule has 4 amide bonds. The van der Waals surface area contributed by atoms with Crippen LogP contribution in [-0.4, -0.2) is 95.4 Å². The Kier molecular flexibility index (Phi) is 9.75. The number of hydrazine groups is 1.